The van der Waals surface area contributed by atoms with Crippen molar-refractivity contribution in [1.82, 2.24) is 24.6 Å². The molecule has 1 aliphatic carbocycles. The maximum Gasteiger partial charge on any atom is 0.228 e. The minimum atomic E-state index is -3.30. The van der Waals surface area contributed by atoms with E-state index in [2.05, 4.69) is 25.0 Å². The van der Waals surface area contributed by atoms with E-state index >= 15 is 13.2 Å². The summed E-state index contributed by atoms with van der Waals surface area (Å²) in [6.45, 7) is 0. The fraction of sp³-hybridized carbons (Fsp3) is 0.300. The van der Waals surface area contributed by atoms with Crippen LogP contribution in [0.4, 0.5) is 23.5 Å². The van der Waals surface area contributed by atoms with Gasteiger partial charge >= 0.3 is 0 Å². The van der Waals surface area contributed by atoms with Gasteiger partial charge in [-0.1, -0.05) is 30.3 Å². The number of benzene rings is 2. The zero-order chi connectivity index (χ0) is 31.4. The number of nitrogens with zero attached hydrogens (tertiary/aromatic N) is 4. The maximum absolute atomic E-state index is 15.4. The number of hydrogen-bond acceptors (Lipinski definition) is 8. The first kappa shape index (κ1) is 31.3. The average molecular weight is 631 g/mol. The van der Waals surface area contributed by atoms with Gasteiger partial charge in [0.1, 0.15) is 12.0 Å². The molecule has 0 bridgehead atoms. The number of thiol groups is 1. The van der Waals surface area contributed by atoms with Crippen LogP contribution >= 0.6 is 0 Å². The predicted octanol–water partition coefficient (Wildman–Crippen LogP) is 5.19. The van der Waals surface area contributed by atoms with E-state index < -0.39 is 51.9 Å². The molecule has 0 amide bonds. The van der Waals surface area contributed by atoms with Crippen molar-refractivity contribution in [2.75, 3.05) is 19.4 Å². The summed E-state index contributed by atoms with van der Waals surface area (Å²) in [7, 11) is 0.406. The monoisotopic (exact) mass is 630 g/mol. The number of halogens is 4. The second-order valence-corrected chi connectivity index (χ2v) is 11.3. The molecule has 4 aromatic rings. The highest BCUT2D eigenvalue weighted by Crippen LogP contribution is 2.37. The van der Waals surface area contributed by atoms with E-state index in [0.29, 0.717) is 18.2 Å². The largest absolute Gasteiger partial charge is 0.435 e. The summed E-state index contributed by atoms with van der Waals surface area (Å²) >= 11 is 0. The Bertz CT molecular complexity index is 1690. The highest BCUT2D eigenvalue weighted by atomic mass is 32.2. The minimum absolute atomic E-state index is 0.156. The molecule has 2 N–H and O–H groups in total. The van der Waals surface area contributed by atoms with Gasteiger partial charge in [0.25, 0.3) is 0 Å². The second-order valence-electron chi connectivity index (χ2n) is 10.6. The molecule has 1 aliphatic rings. The molecular formula is C30H30F4N6O3S. The SMILES string of the molecule is CN(C)C1CCC(Nc2nccc(-c3cccnc3Oc3cc(F)c(C(N[SH](=O)=O)c4ccccc4)c(F)c3F)n2)CC1F. The number of ether oxygens (including phenoxy) is 1. The summed E-state index contributed by atoms with van der Waals surface area (Å²) in [5.74, 6) is -5.17. The molecule has 5 rings (SSSR count). The lowest BCUT2D eigenvalue weighted by atomic mass is 9.89. The van der Waals surface area contributed by atoms with Crippen LogP contribution < -0.4 is 14.8 Å². The molecule has 0 saturated heterocycles. The van der Waals surface area contributed by atoms with Crippen LogP contribution in [-0.4, -0.2) is 60.6 Å². The van der Waals surface area contributed by atoms with E-state index in [1.165, 1.54) is 24.5 Å². The fourth-order valence-electron chi connectivity index (χ4n) is 5.33. The Morgan fingerprint density at radius 3 is 2.45 bits per heavy atom. The highest BCUT2D eigenvalue weighted by molar-refractivity contribution is 7.70. The smallest absolute Gasteiger partial charge is 0.228 e. The Balaban J connectivity index is 1.41. The van der Waals surface area contributed by atoms with Crippen LogP contribution in [0, 0.1) is 17.5 Å². The second kappa shape index (κ2) is 13.7. The molecule has 0 radical (unpaired) electrons. The third-order valence-corrected chi connectivity index (χ3v) is 7.93. The van der Waals surface area contributed by atoms with Crippen molar-refractivity contribution in [3.63, 3.8) is 0 Å². The van der Waals surface area contributed by atoms with E-state index in [1.54, 1.807) is 36.4 Å². The first-order chi connectivity index (χ1) is 21.1. The number of hydrogen-bond donors (Lipinski definition) is 3. The van der Waals surface area contributed by atoms with Crippen molar-refractivity contribution < 1.29 is 30.7 Å². The molecule has 4 unspecified atom stereocenters. The molecule has 2 heterocycles. The molecule has 2 aromatic heterocycles. The highest BCUT2D eigenvalue weighted by Gasteiger charge is 2.32. The number of nitrogens with one attached hydrogen (secondary N) is 2. The fourth-order valence-corrected chi connectivity index (χ4v) is 5.82. The summed E-state index contributed by atoms with van der Waals surface area (Å²) in [6.07, 6.45) is 3.49. The topological polar surface area (TPSA) is 109 Å². The predicted molar refractivity (Wildman–Crippen MR) is 157 cm³/mol. The van der Waals surface area contributed by atoms with Gasteiger partial charge in [0.15, 0.2) is 11.6 Å². The number of aromatic nitrogens is 3. The number of anilines is 1. The zero-order valence-electron chi connectivity index (χ0n) is 23.8. The first-order valence-corrected chi connectivity index (χ1v) is 15.0. The minimum Gasteiger partial charge on any atom is -0.435 e. The molecule has 0 spiro atoms. The standard InChI is InChI=1S/C30H30F4N6O3S/c1-40(2)23-11-10-18(15-20(23)31)37-30-36-14-12-22(38-30)19-9-6-13-35-29(19)43-24-16-21(32)25(27(34)26(24)33)28(39-44(41)42)17-7-4-3-5-8-17/h3-9,12-14,16,18,20,23,28,44H,10-11,15H2,1-2H3,(H,36,37,38)(H,39,41,42). The van der Waals surface area contributed by atoms with Crippen molar-refractivity contribution >= 4 is 16.8 Å². The Morgan fingerprint density at radius 2 is 1.75 bits per heavy atom. The lowest BCUT2D eigenvalue weighted by molar-refractivity contribution is 0.109. The molecule has 0 aliphatic heterocycles. The van der Waals surface area contributed by atoms with E-state index in [9.17, 15) is 12.8 Å². The van der Waals surface area contributed by atoms with Gasteiger partial charge in [0.2, 0.25) is 28.5 Å². The van der Waals surface area contributed by atoms with Crippen LogP contribution in [0.1, 0.15) is 36.4 Å². The number of rotatable bonds is 10. The molecular weight excluding hydrogens is 600 g/mol. The Morgan fingerprint density at radius 1 is 0.977 bits per heavy atom. The van der Waals surface area contributed by atoms with Gasteiger partial charge in [-0.3, -0.25) is 0 Å². The Hall–Kier alpha value is -4.14. The maximum atomic E-state index is 15.4. The molecule has 1 saturated carbocycles. The van der Waals surface area contributed by atoms with E-state index in [4.69, 9.17) is 4.74 Å². The van der Waals surface area contributed by atoms with Crippen LogP contribution in [0.3, 0.4) is 0 Å². The summed E-state index contributed by atoms with van der Waals surface area (Å²) in [6, 6.07) is 11.1. The third kappa shape index (κ3) is 6.98. The van der Waals surface area contributed by atoms with Crippen molar-refractivity contribution in [1.29, 1.82) is 0 Å². The van der Waals surface area contributed by atoms with Crippen LogP contribution in [0.15, 0.2) is 67.0 Å². The third-order valence-electron chi connectivity index (χ3n) is 7.46. The van der Waals surface area contributed by atoms with E-state index in [0.717, 1.165) is 6.42 Å². The number of pyridine rings is 1. The lowest BCUT2D eigenvalue weighted by Crippen LogP contribution is -2.44. The van der Waals surface area contributed by atoms with Crippen LogP contribution in [0.2, 0.25) is 0 Å². The van der Waals surface area contributed by atoms with Crippen molar-refractivity contribution in [3.8, 4) is 22.9 Å². The van der Waals surface area contributed by atoms with Gasteiger partial charge in [-0.25, -0.2) is 41.3 Å². The zero-order valence-corrected chi connectivity index (χ0v) is 24.6. The molecule has 1 fully saturated rings. The molecule has 4 atom stereocenters. The molecule has 14 heteroatoms. The van der Waals surface area contributed by atoms with Crippen molar-refractivity contribution in [3.05, 3.63) is 95.6 Å². The number of alkyl halides is 1. The van der Waals surface area contributed by atoms with Gasteiger partial charge in [-0.05, 0) is 50.7 Å². The summed E-state index contributed by atoms with van der Waals surface area (Å²) in [4.78, 5) is 14.7. The average Bonchev–Trinajstić information content (AvgIpc) is 3.00. The van der Waals surface area contributed by atoms with Gasteiger partial charge < -0.3 is 15.0 Å². The van der Waals surface area contributed by atoms with Gasteiger partial charge in [-0.15, -0.1) is 0 Å². The van der Waals surface area contributed by atoms with E-state index in [1.807, 2.05) is 19.0 Å². The first-order valence-electron chi connectivity index (χ1n) is 13.8. The summed E-state index contributed by atoms with van der Waals surface area (Å²) in [5, 5.41) is 3.17. The van der Waals surface area contributed by atoms with Crippen LogP contribution in [-0.2, 0) is 10.9 Å². The van der Waals surface area contributed by atoms with Crippen LogP contribution in [0.5, 0.6) is 11.6 Å². The molecule has 44 heavy (non-hydrogen) atoms. The van der Waals surface area contributed by atoms with Gasteiger partial charge in [-0.2, -0.15) is 4.39 Å². The van der Waals surface area contributed by atoms with Crippen molar-refractivity contribution in [2.45, 2.75) is 43.6 Å². The lowest BCUT2D eigenvalue weighted by Gasteiger charge is -2.35. The Labute approximate surface area is 253 Å². The summed E-state index contributed by atoms with van der Waals surface area (Å²) < 4.78 is 91.4. The Kier molecular flexibility index (Phi) is 9.71. The van der Waals surface area contributed by atoms with Gasteiger partial charge in [0.05, 0.1) is 17.3 Å². The van der Waals surface area contributed by atoms with Crippen molar-refractivity contribution in [2.24, 2.45) is 0 Å². The molecule has 9 nitrogen and oxygen atoms in total. The molecule has 2 aromatic carbocycles. The summed E-state index contributed by atoms with van der Waals surface area (Å²) in [5.41, 5.74) is -0.0438. The van der Waals surface area contributed by atoms with Gasteiger partial charge in [0, 0.05) is 42.5 Å². The van der Waals surface area contributed by atoms with Crippen LogP contribution in [0.25, 0.3) is 11.3 Å². The molecule has 232 valence electrons. The quantitative estimate of drug-likeness (QED) is 0.125. The normalized spacial score (nSPS) is 19.2. The van der Waals surface area contributed by atoms with E-state index in [-0.39, 0.29) is 41.5 Å².